The van der Waals surface area contributed by atoms with E-state index in [2.05, 4.69) is 10.6 Å². The summed E-state index contributed by atoms with van der Waals surface area (Å²) < 4.78 is 0. The van der Waals surface area contributed by atoms with Crippen LogP contribution >= 0.6 is 0 Å². The molecule has 0 bridgehead atoms. The van der Waals surface area contributed by atoms with Gasteiger partial charge in [-0.25, -0.2) is 0 Å². The minimum atomic E-state index is -0.331. The first-order valence-corrected chi connectivity index (χ1v) is 8.32. The van der Waals surface area contributed by atoms with Crippen LogP contribution in [0.2, 0.25) is 0 Å². The van der Waals surface area contributed by atoms with Gasteiger partial charge < -0.3 is 10.6 Å². The monoisotopic (exact) mass is 366 g/mol. The van der Waals surface area contributed by atoms with E-state index in [1.165, 1.54) is 12.1 Å². The minimum absolute atomic E-state index is 0.331. The van der Waals surface area contributed by atoms with Crippen molar-refractivity contribution in [2.75, 3.05) is 10.6 Å². The predicted octanol–water partition coefficient (Wildman–Crippen LogP) is 3.93. The smallest absolute Gasteiger partial charge is 0.255 e. The van der Waals surface area contributed by atoms with Gasteiger partial charge in [-0.1, -0.05) is 12.1 Å². The molecule has 3 aromatic carbocycles. The molecule has 0 spiro atoms. The maximum absolute atomic E-state index is 12.3. The summed E-state index contributed by atoms with van der Waals surface area (Å²) >= 11 is 0. The molecule has 3 aromatic rings. The molecule has 0 saturated heterocycles. The molecule has 0 aliphatic carbocycles. The SMILES string of the molecule is N#Cc1cccc(C(=O)Nc2ccc(NC(=O)c3cccc(C#N)c3)cc2)c1. The van der Waals surface area contributed by atoms with Crippen LogP contribution < -0.4 is 10.6 Å². The van der Waals surface area contributed by atoms with Crippen molar-refractivity contribution < 1.29 is 9.59 Å². The Kier molecular flexibility index (Phi) is 5.45. The Balaban J connectivity index is 1.66. The highest BCUT2D eigenvalue weighted by Gasteiger charge is 2.09. The van der Waals surface area contributed by atoms with Gasteiger partial charge in [0.05, 0.1) is 23.3 Å². The average Bonchev–Trinajstić information content (AvgIpc) is 2.75. The third kappa shape index (κ3) is 4.40. The molecule has 0 radical (unpaired) electrons. The van der Waals surface area contributed by atoms with Crippen LogP contribution in [0.3, 0.4) is 0 Å². The van der Waals surface area contributed by atoms with Crippen molar-refractivity contribution in [3.63, 3.8) is 0 Å². The molecule has 0 saturated carbocycles. The third-order valence-corrected chi connectivity index (χ3v) is 3.91. The number of nitrogens with one attached hydrogen (secondary N) is 2. The Bertz CT molecular complexity index is 1030. The molecule has 2 N–H and O–H groups in total. The van der Waals surface area contributed by atoms with Crippen molar-refractivity contribution in [1.82, 2.24) is 0 Å². The number of rotatable bonds is 4. The van der Waals surface area contributed by atoms with Crippen LogP contribution in [0, 0.1) is 22.7 Å². The highest BCUT2D eigenvalue weighted by molar-refractivity contribution is 6.06. The fourth-order valence-electron chi connectivity index (χ4n) is 2.50. The van der Waals surface area contributed by atoms with E-state index in [9.17, 15) is 9.59 Å². The molecule has 0 aliphatic heterocycles. The number of benzene rings is 3. The molecule has 0 aromatic heterocycles. The summed E-state index contributed by atoms with van der Waals surface area (Å²) in [7, 11) is 0. The lowest BCUT2D eigenvalue weighted by atomic mass is 10.1. The molecule has 0 fully saturated rings. The van der Waals surface area contributed by atoms with Gasteiger partial charge in [0.15, 0.2) is 0 Å². The molecule has 0 unspecified atom stereocenters. The number of nitriles is 2. The fraction of sp³-hybridized carbons (Fsp3) is 0. The fourth-order valence-corrected chi connectivity index (χ4v) is 2.50. The van der Waals surface area contributed by atoms with E-state index in [4.69, 9.17) is 10.5 Å². The second-order valence-electron chi connectivity index (χ2n) is 5.87. The summed E-state index contributed by atoms with van der Waals surface area (Å²) in [5.41, 5.74) is 2.69. The summed E-state index contributed by atoms with van der Waals surface area (Å²) in [4.78, 5) is 24.5. The molecule has 3 rings (SSSR count). The van der Waals surface area contributed by atoms with Crippen molar-refractivity contribution in [3.05, 3.63) is 95.1 Å². The highest BCUT2D eigenvalue weighted by Crippen LogP contribution is 2.16. The maximum atomic E-state index is 12.3. The molecule has 0 heterocycles. The van der Waals surface area contributed by atoms with Gasteiger partial charge >= 0.3 is 0 Å². The largest absolute Gasteiger partial charge is 0.322 e. The van der Waals surface area contributed by atoms with Crippen LogP contribution in [0.4, 0.5) is 11.4 Å². The molecular formula is C22H14N4O2. The van der Waals surface area contributed by atoms with Gasteiger partial charge in [0, 0.05) is 22.5 Å². The summed E-state index contributed by atoms with van der Waals surface area (Å²) in [6, 6.07) is 23.4. The van der Waals surface area contributed by atoms with E-state index in [0.29, 0.717) is 33.6 Å². The molecule has 0 atom stereocenters. The highest BCUT2D eigenvalue weighted by atomic mass is 16.2. The standard InChI is InChI=1S/C22H14N4O2/c23-13-15-3-1-5-17(11-15)21(27)25-19-7-9-20(10-8-19)26-22(28)18-6-2-4-16(12-18)14-24/h1-12H,(H,25,27)(H,26,28). The average molecular weight is 366 g/mol. The molecule has 0 aliphatic rings. The first-order valence-electron chi connectivity index (χ1n) is 8.32. The normalized spacial score (nSPS) is 9.64. The first kappa shape index (κ1) is 18.4. The Morgan fingerprint density at radius 1 is 0.643 bits per heavy atom. The van der Waals surface area contributed by atoms with E-state index >= 15 is 0 Å². The van der Waals surface area contributed by atoms with E-state index in [-0.39, 0.29) is 11.8 Å². The van der Waals surface area contributed by atoms with Crippen LogP contribution in [0.5, 0.6) is 0 Å². The zero-order valence-electron chi connectivity index (χ0n) is 14.6. The Hall–Kier alpha value is -4.42. The molecule has 134 valence electrons. The quantitative estimate of drug-likeness (QED) is 0.729. The number of carbonyl (C=O) groups is 2. The van der Waals surface area contributed by atoms with Crippen LogP contribution in [0.1, 0.15) is 31.8 Å². The van der Waals surface area contributed by atoms with E-state index in [1.807, 2.05) is 12.1 Å². The van der Waals surface area contributed by atoms with Gasteiger partial charge in [0.25, 0.3) is 11.8 Å². The second kappa shape index (κ2) is 8.31. The van der Waals surface area contributed by atoms with Gasteiger partial charge in [0.2, 0.25) is 0 Å². The lowest BCUT2D eigenvalue weighted by Gasteiger charge is -2.08. The van der Waals surface area contributed by atoms with Crippen molar-refractivity contribution in [1.29, 1.82) is 10.5 Å². The van der Waals surface area contributed by atoms with Gasteiger partial charge in [-0.3, -0.25) is 9.59 Å². The van der Waals surface area contributed by atoms with E-state index < -0.39 is 0 Å². The lowest BCUT2D eigenvalue weighted by molar-refractivity contribution is 0.101. The van der Waals surface area contributed by atoms with Crippen LogP contribution in [-0.4, -0.2) is 11.8 Å². The summed E-state index contributed by atoms with van der Waals surface area (Å²) in [6.07, 6.45) is 0. The van der Waals surface area contributed by atoms with E-state index in [0.717, 1.165) is 0 Å². The Morgan fingerprint density at radius 2 is 1.04 bits per heavy atom. The zero-order valence-corrected chi connectivity index (χ0v) is 14.6. The van der Waals surface area contributed by atoms with Gasteiger partial charge in [-0.05, 0) is 60.7 Å². The maximum Gasteiger partial charge on any atom is 0.255 e. The summed E-state index contributed by atoms with van der Waals surface area (Å²) in [5.74, 6) is -0.663. The lowest BCUT2D eigenvalue weighted by Crippen LogP contribution is -2.13. The number of carbonyl (C=O) groups excluding carboxylic acids is 2. The second-order valence-corrected chi connectivity index (χ2v) is 5.87. The first-order chi connectivity index (χ1) is 13.6. The molecule has 28 heavy (non-hydrogen) atoms. The molecule has 6 heteroatoms. The third-order valence-electron chi connectivity index (χ3n) is 3.91. The number of hydrogen-bond donors (Lipinski definition) is 2. The van der Waals surface area contributed by atoms with Crippen molar-refractivity contribution in [3.8, 4) is 12.1 Å². The van der Waals surface area contributed by atoms with E-state index in [1.54, 1.807) is 60.7 Å². The minimum Gasteiger partial charge on any atom is -0.322 e. The van der Waals surface area contributed by atoms with Crippen LogP contribution in [-0.2, 0) is 0 Å². The number of hydrogen-bond acceptors (Lipinski definition) is 4. The van der Waals surface area contributed by atoms with Gasteiger partial charge in [-0.2, -0.15) is 10.5 Å². The molecule has 6 nitrogen and oxygen atoms in total. The molecular weight excluding hydrogens is 352 g/mol. The van der Waals surface area contributed by atoms with Crippen LogP contribution in [0.15, 0.2) is 72.8 Å². The van der Waals surface area contributed by atoms with Gasteiger partial charge in [-0.15, -0.1) is 0 Å². The predicted molar refractivity (Wildman–Crippen MR) is 105 cm³/mol. The van der Waals surface area contributed by atoms with Crippen molar-refractivity contribution in [2.45, 2.75) is 0 Å². The Labute approximate surface area is 161 Å². The topological polar surface area (TPSA) is 106 Å². The molecule has 2 amide bonds. The van der Waals surface area contributed by atoms with Gasteiger partial charge in [0.1, 0.15) is 0 Å². The van der Waals surface area contributed by atoms with Crippen LogP contribution in [0.25, 0.3) is 0 Å². The summed E-state index contributed by atoms with van der Waals surface area (Å²) in [5, 5.41) is 23.3. The van der Waals surface area contributed by atoms with Crippen molar-refractivity contribution in [2.24, 2.45) is 0 Å². The zero-order chi connectivity index (χ0) is 19.9. The number of anilines is 2. The number of amides is 2. The van der Waals surface area contributed by atoms with Crippen molar-refractivity contribution >= 4 is 23.2 Å². The Morgan fingerprint density at radius 3 is 1.39 bits per heavy atom. The summed E-state index contributed by atoms with van der Waals surface area (Å²) in [6.45, 7) is 0. The number of nitrogens with zero attached hydrogens (tertiary/aromatic N) is 2.